The quantitative estimate of drug-likeness (QED) is 0.744. The highest BCUT2D eigenvalue weighted by atomic mass is 19.1. The zero-order valence-corrected chi connectivity index (χ0v) is 13.2. The van der Waals surface area contributed by atoms with Gasteiger partial charge in [0.15, 0.2) is 5.82 Å². The lowest BCUT2D eigenvalue weighted by Crippen LogP contribution is -2.36. The SMILES string of the molecule is C[C@@H](c1ncncc1F)[C@](O)(Cc1cn[nH]c1)c1ccc(F)cc1F. The molecule has 0 aliphatic carbocycles. The van der Waals surface area contributed by atoms with Gasteiger partial charge in [0.1, 0.15) is 23.6 Å². The Kier molecular flexibility index (Phi) is 4.54. The summed E-state index contributed by atoms with van der Waals surface area (Å²) in [6.07, 6.45) is 5.05. The summed E-state index contributed by atoms with van der Waals surface area (Å²) < 4.78 is 41.8. The van der Waals surface area contributed by atoms with Gasteiger partial charge >= 0.3 is 0 Å². The molecule has 2 atom stereocenters. The van der Waals surface area contributed by atoms with Crippen LogP contribution < -0.4 is 0 Å². The molecule has 5 nitrogen and oxygen atoms in total. The van der Waals surface area contributed by atoms with Gasteiger partial charge in [-0.25, -0.2) is 23.1 Å². The average Bonchev–Trinajstić information content (AvgIpc) is 3.07. The summed E-state index contributed by atoms with van der Waals surface area (Å²) in [7, 11) is 0. The van der Waals surface area contributed by atoms with Crippen LogP contribution in [0.3, 0.4) is 0 Å². The van der Waals surface area contributed by atoms with Crippen molar-refractivity contribution in [1.82, 2.24) is 20.2 Å². The van der Waals surface area contributed by atoms with Gasteiger partial charge in [0, 0.05) is 30.2 Å². The van der Waals surface area contributed by atoms with E-state index >= 15 is 0 Å². The standard InChI is InChI=1S/C17H15F3N4O/c1-10(16-15(20)8-21-9-22-16)17(25,5-11-6-23-24-7-11)13-3-2-12(18)4-14(13)19/h2-4,6-10,25H,5H2,1H3,(H,23,24)/t10-,17+/m0/s1. The fourth-order valence-electron chi connectivity index (χ4n) is 2.87. The highest BCUT2D eigenvalue weighted by Gasteiger charge is 2.41. The molecule has 8 heteroatoms. The van der Waals surface area contributed by atoms with Gasteiger partial charge in [-0.2, -0.15) is 5.10 Å². The first-order chi connectivity index (χ1) is 11.9. The summed E-state index contributed by atoms with van der Waals surface area (Å²) >= 11 is 0. The van der Waals surface area contributed by atoms with Crippen molar-refractivity contribution in [2.75, 3.05) is 0 Å². The Morgan fingerprint density at radius 1 is 1.20 bits per heavy atom. The number of aliphatic hydroxyl groups is 1. The molecule has 3 aromatic rings. The molecule has 0 radical (unpaired) electrons. The second-order valence-electron chi connectivity index (χ2n) is 5.81. The summed E-state index contributed by atoms with van der Waals surface area (Å²) in [5.41, 5.74) is -1.52. The molecule has 0 saturated heterocycles. The number of H-pyrrole nitrogens is 1. The minimum atomic E-state index is -1.88. The number of halogens is 3. The lowest BCUT2D eigenvalue weighted by atomic mass is 9.76. The number of benzene rings is 1. The molecule has 2 aromatic heterocycles. The molecule has 2 heterocycles. The first-order valence-electron chi connectivity index (χ1n) is 7.53. The average molecular weight is 348 g/mol. The van der Waals surface area contributed by atoms with Crippen LogP contribution in [0.25, 0.3) is 0 Å². The van der Waals surface area contributed by atoms with E-state index in [0.717, 1.165) is 24.7 Å². The Morgan fingerprint density at radius 2 is 2.00 bits per heavy atom. The van der Waals surface area contributed by atoms with Gasteiger partial charge in [0.25, 0.3) is 0 Å². The van der Waals surface area contributed by atoms with Crippen LogP contribution >= 0.6 is 0 Å². The second-order valence-corrected chi connectivity index (χ2v) is 5.81. The van der Waals surface area contributed by atoms with E-state index in [1.54, 1.807) is 0 Å². The lowest BCUT2D eigenvalue weighted by molar-refractivity contribution is 0.00682. The van der Waals surface area contributed by atoms with Crippen molar-refractivity contribution in [2.24, 2.45) is 0 Å². The number of rotatable bonds is 5. The number of hydrogen-bond acceptors (Lipinski definition) is 4. The van der Waals surface area contributed by atoms with E-state index in [2.05, 4.69) is 20.2 Å². The van der Waals surface area contributed by atoms with Crippen LogP contribution in [0.1, 0.15) is 29.7 Å². The number of nitrogens with one attached hydrogen (secondary N) is 1. The van der Waals surface area contributed by atoms with E-state index in [0.29, 0.717) is 11.6 Å². The Labute approximate surface area is 141 Å². The van der Waals surface area contributed by atoms with E-state index in [1.807, 2.05) is 0 Å². The van der Waals surface area contributed by atoms with Crippen LogP contribution in [0.4, 0.5) is 13.2 Å². The van der Waals surface area contributed by atoms with Crippen LogP contribution in [0.15, 0.2) is 43.1 Å². The molecule has 0 aliphatic heterocycles. The molecule has 0 bridgehead atoms. The van der Waals surface area contributed by atoms with Gasteiger partial charge in [-0.15, -0.1) is 0 Å². The predicted octanol–water partition coefficient (Wildman–Crippen LogP) is 2.85. The Morgan fingerprint density at radius 3 is 2.64 bits per heavy atom. The monoisotopic (exact) mass is 348 g/mol. The minimum absolute atomic E-state index is 0.0651. The third-order valence-corrected chi connectivity index (χ3v) is 4.25. The molecule has 0 spiro atoms. The molecule has 0 aliphatic rings. The lowest BCUT2D eigenvalue weighted by Gasteiger charge is -2.34. The zero-order chi connectivity index (χ0) is 18.0. The maximum Gasteiger partial charge on any atom is 0.163 e. The third kappa shape index (κ3) is 3.25. The summed E-state index contributed by atoms with van der Waals surface area (Å²) in [6, 6.07) is 2.88. The van der Waals surface area contributed by atoms with E-state index in [1.165, 1.54) is 19.3 Å². The molecule has 0 saturated carbocycles. The van der Waals surface area contributed by atoms with Gasteiger partial charge in [0.05, 0.1) is 18.1 Å². The highest BCUT2D eigenvalue weighted by molar-refractivity contribution is 5.32. The van der Waals surface area contributed by atoms with Crippen LogP contribution in [0.2, 0.25) is 0 Å². The number of aromatic amines is 1. The first kappa shape index (κ1) is 17.1. The highest BCUT2D eigenvalue weighted by Crippen LogP contribution is 2.40. The number of aromatic nitrogens is 4. The first-order valence-corrected chi connectivity index (χ1v) is 7.53. The van der Waals surface area contributed by atoms with E-state index in [9.17, 15) is 18.3 Å². The number of nitrogens with zero attached hydrogens (tertiary/aromatic N) is 3. The van der Waals surface area contributed by atoms with Gasteiger partial charge in [-0.05, 0) is 11.6 Å². The van der Waals surface area contributed by atoms with E-state index in [4.69, 9.17) is 0 Å². The van der Waals surface area contributed by atoms with Crippen molar-refractivity contribution >= 4 is 0 Å². The molecule has 25 heavy (non-hydrogen) atoms. The summed E-state index contributed by atoms with van der Waals surface area (Å²) in [4.78, 5) is 7.46. The fourth-order valence-corrected chi connectivity index (χ4v) is 2.87. The summed E-state index contributed by atoms with van der Waals surface area (Å²) in [5.74, 6) is -3.35. The topological polar surface area (TPSA) is 74.7 Å². The van der Waals surface area contributed by atoms with Crippen LogP contribution in [-0.2, 0) is 12.0 Å². The molecule has 2 N–H and O–H groups in total. The van der Waals surface area contributed by atoms with Crippen molar-refractivity contribution in [3.63, 3.8) is 0 Å². The largest absolute Gasteiger partial charge is 0.384 e. The second kappa shape index (κ2) is 6.64. The Hall–Kier alpha value is -2.74. The molecule has 1 aromatic carbocycles. The van der Waals surface area contributed by atoms with Crippen molar-refractivity contribution in [3.8, 4) is 0 Å². The van der Waals surface area contributed by atoms with E-state index in [-0.39, 0.29) is 17.7 Å². The van der Waals surface area contributed by atoms with Crippen LogP contribution in [0.5, 0.6) is 0 Å². The van der Waals surface area contributed by atoms with Crippen molar-refractivity contribution in [1.29, 1.82) is 0 Å². The minimum Gasteiger partial charge on any atom is -0.384 e. The third-order valence-electron chi connectivity index (χ3n) is 4.25. The Bertz CT molecular complexity index is 872. The molecule has 0 unspecified atom stereocenters. The van der Waals surface area contributed by atoms with Gasteiger partial charge in [0.2, 0.25) is 0 Å². The predicted molar refractivity (Wildman–Crippen MR) is 83.0 cm³/mol. The molecule has 0 amide bonds. The molecular weight excluding hydrogens is 333 g/mol. The normalized spacial score (nSPS) is 14.9. The number of hydrogen-bond donors (Lipinski definition) is 2. The fraction of sp³-hybridized carbons (Fsp3) is 0.235. The van der Waals surface area contributed by atoms with Gasteiger partial charge in [-0.1, -0.05) is 13.0 Å². The molecule has 130 valence electrons. The van der Waals surface area contributed by atoms with Gasteiger partial charge in [-0.3, -0.25) is 5.10 Å². The molecule has 0 fully saturated rings. The smallest absolute Gasteiger partial charge is 0.163 e. The maximum atomic E-state index is 14.4. The van der Waals surface area contributed by atoms with E-state index < -0.39 is 29.0 Å². The van der Waals surface area contributed by atoms with Crippen LogP contribution in [0, 0.1) is 17.5 Å². The van der Waals surface area contributed by atoms with Crippen molar-refractivity contribution in [2.45, 2.75) is 24.9 Å². The van der Waals surface area contributed by atoms with Crippen molar-refractivity contribution in [3.05, 3.63) is 77.4 Å². The summed E-state index contributed by atoms with van der Waals surface area (Å²) in [6.45, 7) is 1.52. The molecular formula is C17H15F3N4O. The zero-order valence-electron chi connectivity index (χ0n) is 13.2. The maximum absolute atomic E-state index is 14.4. The molecule has 3 rings (SSSR count). The van der Waals surface area contributed by atoms with Crippen molar-refractivity contribution < 1.29 is 18.3 Å². The Balaban J connectivity index is 2.13. The van der Waals surface area contributed by atoms with Gasteiger partial charge < -0.3 is 5.11 Å². The van der Waals surface area contributed by atoms with Crippen LogP contribution in [-0.4, -0.2) is 25.3 Å². The summed E-state index contributed by atoms with van der Waals surface area (Å²) in [5, 5.41) is 17.7.